The number of likely N-dealkylation sites (tertiary alicyclic amines) is 1. The second-order valence-electron chi connectivity index (χ2n) is 14.9. The summed E-state index contributed by atoms with van der Waals surface area (Å²) in [6, 6.07) is 8.32. The van der Waals surface area contributed by atoms with Crippen molar-refractivity contribution in [2.24, 2.45) is 7.05 Å². The first-order chi connectivity index (χ1) is 27.2. The normalized spacial score (nSPS) is 17.2. The van der Waals surface area contributed by atoms with Crippen LogP contribution < -0.4 is 30.3 Å². The van der Waals surface area contributed by atoms with Gasteiger partial charge in [-0.05, 0) is 68.9 Å². The average Bonchev–Trinajstić information content (AvgIpc) is 3.74. The fraction of sp³-hybridized carbons (Fsp3) is 0.400. The smallest absolute Gasteiger partial charge is 0.279 e. The van der Waals surface area contributed by atoms with Crippen molar-refractivity contribution in [3.63, 3.8) is 0 Å². The van der Waals surface area contributed by atoms with Gasteiger partial charge in [0.15, 0.2) is 5.69 Å². The highest BCUT2D eigenvalue weighted by molar-refractivity contribution is 6.30. The summed E-state index contributed by atoms with van der Waals surface area (Å²) < 4.78 is 8.88. The number of imide groups is 1. The number of fused-ring (bicyclic) bond motifs is 1. The van der Waals surface area contributed by atoms with Gasteiger partial charge < -0.3 is 28.6 Å². The van der Waals surface area contributed by atoms with Crippen LogP contribution in [0.3, 0.4) is 0 Å². The van der Waals surface area contributed by atoms with Gasteiger partial charge in [-0.25, -0.2) is 9.97 Å². The number of imidazole rings is 1. The molecule has 2 fully saturated rings. The summed E-state index contributed by atoms with van der Waals surface area (Å²) in [5.41, 5.74) is 3.74. The largest absolute Gasteiger partial charge is 0.480 e. The van der Waals surface area contributed by atoms with E-state index in [-0.39, 0.29) is 65.5 Å². The third-order valence-electron chi connectivity index (χ3n) is 11.1. The van der Waals surface area contributed by atoms with Crippen LogP contribution in [-0.4, -0.2) is 94.4 Å². The SMILES string of the molecule is COc1ncc(C(=O)N2CCC(c3ccc(N(C)C4CCC(=O)NC4=O)c(N(C)C=O)c3)CC2)cc1-c1nc2c(n1C(C)C)CN(c1cc(Cl)cn(C)c1=O)C2=O. The molecule has 2 saturated heterocycles. The van der Waals surface area contributed by atoms with Crippen molar-refractivity contribution >= 4 is 58.7 Å². The molecule has 7 rings (SSSR count). The molecule has 5 amide bonds. The number of nitrogens with zero attached hydrogens (tertiary/aromatic N) is 8. The van der Waals surface area contributed by atoms with Gasteiger partial charge in [0, 0.05) is 59.1 Å². The van der Waals surface area contributed by atoms with E-state index in [1.54, 1.807) is 37.0 Å². The molecule has 1 N–H and O–H groups in total. The van der Waals surface area contributed by atoms with E-state index in [2.05, 4.69) is 10.3 Å². The van der Waals surface area contributed by atoms with Gasteiger partial charge in [0.05, 0.1) is 46.9 Å². The molecule has 298 valence electrons. The lowest BCUT2D eigenvalue weighted by Crippen LogP contribution is -2.51. The van der Waals surface area contributed by atoms with Gasteiger partial charge in [0.2, 0.25) is 24.1 Å². The van der Waals surface area contributed by atoms with Gasteiger partial charge in [-0.3, -0.25) is 39.0 Å². The second kappa shape index (κ2) is 15.5. The Kier molecular flexibility index (Phi) is 10.7. The van der Waals surface area contributed by atoms with Crippen LogP contribution in [0.15, 0.2) is 47.5 Å². The van der Waals surface area contributed by atoms with Crippen LogP contribution in [0, 0.1) is 0 Å². The Bertz CT molecular complexity index is 2370. The summed E-state index contributed by atoms with van der Waals surface area (Å²) in [6.45, 7) is 4.97. The number of anilines is 3. The number of amides is 5. The van der Waals surface area contributed by atoms with Crippen LogP contribution in [0.1, 0.15) is 83.6 Å². The first kappa shape index (κ1) is 39.2. The minimum atomic E-state index is -0.551. The zero-order valence-corrected chi connectivity index (χ0v) is 33.4. The maximum absolute atomic E-state index is 14.0. The Balaban J connectivity index is 1.11. The number of benzene rings is 1. The van der Waals surface area contributed by atoms with Crippen LogP contribution >= 0.6 is 11.6 Å². The first-order valence-electron chi connectivity index (χ1n) is 18.7. The topological polar surface area (TPSA) is 172 Å². The van der Waals surface area contributed by atoms with E-state index in [1.807, 2.05) is 36.6 Å². The summed E-state index contributed by atoms with van der Waals surface area (Å²) >= 11 is 6.25. The van der Waals surface area contributed by atoms with E-state index in [1.165, 1.54) is 39.9 Å². The van der Waals surface area contributed by atoms with Gasteiger partial charge in [0.1, 0.15) is 17.6 Å². The molecule has 0 aliphatic carbocycles. The number of ether oxygens (including phenoxy) is 1. The molecule has 1 atom stereocenters. The number of pyridine rings is 2. The van der Waals surface area contributed by atoms with Crippen molar-refractivity contribution < 1.29 is 28.7 Å². The number of carbonyl (C=O) groups is 5. The molecule has 3 aromatic heterocycles. The van der Waals surface area contributed by atoms with Gasteiger partial charge in [-0.15, -0.1) is 0 Å². The number of piperidine rings is 2. The Morgan fingerprint density at radius 1 is 1.05 bits per heavy atom. The molecular formula is C40H44ClN9O7. The summed E-state index contributed by atoms with van der Waals surface area (Å²) in [5.74, 6) is -0.536. The number of hydrogen-bond acceptors (Lipinski definition) is 10. The predicted octanol–water partition coefficient (Wildman–Crippen LogP) is 3.90. The number of aromatic nitrogens is 4. The predicted molar refractivity (Wildman–Crippen MR) is 213 cm³/mol. The number of nitrogens with one attached hydrogen (secondary N) is 1. The van der Waals surface area contributed by atoms with E-state index >= 15 is 0 Å². The molecule has 57 heavy (non-hydrogen) atoms. The number of carbonyl (C=O) groups excluding carboxylic acids is 5. The molecule has 0 spiro atoms. The Hall–Kier alpha value is -6.03. The molecular weight excluding hydrogens is 754 g/mol. The maximum Gasteiger partial charge on any atom is 0.279 e. The fourth-order valence-corrected chi connectivity index (χ4v) is 8.32. The van der Waals surface area contributed by atoms with Crippen LogP contribution in [-0.2, 0) is 28.0 Å². The molecule has 0 saturated carbocycles. The van der Waals surface area contributed by atoms with Crippen molar-refractivity contribution in [1.82, 2.24) is 29.3 Å². The highest BCUT2D eigenvalue weighted by Gasteiger charge is 2.38. The lowest BCUT2D eigenvalue weighted by atomic mass is 9.88. The number of methoxy groups -OCH3 is 1. The van der Waals surface area contributed by atoms with Crippen LogP contribution in [0.2, 0.25) is 5.02 Å². The monoisotopic (exact) mass is 797 g/mol. The maximum atomic E-state index is 14.0. The number of likely N-dealkylation sites (N-methyl/N-ethyl adjacent to an activating group) is 1. The van der Waals surface area contributed by atoms with Crippen molar-refractivity contribution in [1.29, 1.82) is 0 Å². The minimum Gasteiger partial charge on any atom is -0.480 e. The fourth-order valence-electron chi connectivity index (χ4n) is 8.07. The third kappa shape index (κ3) is 7.13. The Morgan fingerprint density at radius 2 is 1.79 bits per heavy atom. The molecule has 6 heterocycles. The molecule has 1 aromatic carbocycles. The van der Waals surface area contributed by atoms with Crippen molar-refractivity contribution in [2.45, 2.75) is 64.1 Å². The van der Waals surface area contributed by atoms with Gasteiger partial charge in [-0.1, -0.05) is 17.7 Å². The molecule has 3 aliphatic heterocycles. The van der Waals surface area contributed by atoms with Crippen LogP contribution in [0.25, 0.3) is 11.4 Å². The molecule has 4 aromatic rings. The summed E-state index contributed by atoms with van der Waals surface area (Å²) in [7, 11) is 6.49. The summed E-state index contributed by atoms with van der Waals surface area (Å²) in [5, 5.41) is 2.72. The Labute approximate surface area is 334 Å². The quantitative estimate of drug-likeness (QED) is 0.183. The number of halogens is 1. The molecule has 16 nitrogen and oxygen atoms in total. The standard InChI is InChI=1S/C40H44ClN9O7/c1-22(2)50-32-20-49(31-17-26(41)19-45(3)39(31)55)40(56)34(32)44-35(50)27-15-25(18-42-37(27)57-6)38(54)48-13-11-23(12-14-48)24-7-8-28(30(16-24)46(4)21-51)47(5)29-9-10-33(52)43-36(29)53/h7-8,15-19,21-23,29H,9-14,20H2,1-6H3,(H,43,52,53). The average molecular weight is 798 g/mol. The minimum absolute atomic E-state index is 0.102. The van der Waals surface area contributed by atoms with Crippen molar-refractivity contribution in [2.75, 3.05) is 49.0 Å². The lowest BCUT2D eigenvalue weighted by Gasteiger charge is -2.35. The van der Waals surface area contributed by atoms with E-state index < -0.39 is 11.9 Å². The zero-order chi connectivity index (χ0) is 40.9. The van der Waals surface area contributed by atoms with Gasteiger partial charge in [0.25, 0.3) is 17.4 Å². The van der Waals surface area contributed by atoms with E-state index in [0.717, 1.165) is 12.0 Å². The molecule has 0 bridgehead atoms. The molecule has 3 aliphatic rings. The number of aryl methyl sites for hydroxylation is 1. The summed E-state index contributed by atoms with van der Waals surface area (Å²) in [4.78, 5) is 92.8. The van der Waals surface area contributed by atoms with Gasteiger partial charge in [-0.2, -0.15) is 0 Å². The molecule has 0 radical (unpaired) electrons. The van der Waals surface area contributed by atoms with Crippen LogP contribution in [0.4, 0.5) is 17.1 Å². The van der Waals surface area contributed by atoms with Crippen LogP contribution in [0.5, 0.6) is 5.88 Å². The van der Waals surface area contributed by atoms with Gasteiger partial charge >= 0.3 is 0 Å². The Morgan fingerprint density at radius 3 is 2.46 bits per heavy atom. The highest BCUT2D eigenvalue weighted by Crippen LogP contribution is 2.39. The van der Waals surface area contributed by atoms with E-state index in [4.69, 9.17) is 21.3 Å². The van der Waals surface area contributed by atoms with Crippen molar-refractivity contribution in [3.05, 3.63) is 80.6 Å². The first-order valence-corrected chi connectivity index (χ1v) is 19.1. The lowest BCUT2D eigenvalue weighted by molar-refractivity contribution is -0.134. The van der Waals surface area contributed by atoms with Crippen molar-refractivity contribution in [3.8, 4) is 17.3 Å². The summed E-state index contributed by atoms with van der Waals surface area (Å²) in [6.07, 6.45) is 5.65. The number of hydrogen-bond donors (Lipinski definition) is 1. The number of rotatable bonds is 10. The third-order valence-corrected chi connectivity index (χ3v) is 11.3. The molecule has 1 unspecified atom stereocenters. The highest BCUT2D eigenvalue weighted by atomic mass is 35.5. The van der Waals surface area contributed by atoms with E-state index in [9.17, 15) is 28.8 Å². The van der Waals surface area contributed by atoms with E-state index in [0.29, 0.717) is 71.4 Å². The second-order valence-corrected chi connectivity index (χ2v) is 15.4. The zero-order valence-electron chi connectivity index (χ0n) is 32.6. The molecule has 17 heteroatoms.